The summed E-state index contributed by atoms with van der Waals surface area (Å²) in [5.41, 5.74) is 2.52. The van der Waals surface area contributed by atoms with Crippen molar-refractivity contribution in [2.45, 2.75) is 32.2 Å². The quantitative estimate of drug-likeness (QED) is 0.287. The van der Waals surface area contributed by atoms with Crippen molar-refractivity contribution in [2.75, 3.05) is 11.5 Å². The van der Waals surface area contributed by atoms with Crippen LogP contribution < -0.4 is 9.64 Å². The van der Waals surface area contributed by atoms with E-state index < -0.39 is 30.3 Å². The number of carbonyl (C=O) groups excluding carboxylic acids is 2. The molecule has 1 amide bonds. The summed E-state index contributed by atoms with van der Waals surface area (Å²) in [6.45, 7) is 5.79. The van der Waals surface area contributed by atoms with Crippen LogP contribution in [0.25, 0.3) is 5.76 Å². The number of carbonyl (C=O) groups is 3. The Morgan fingerprint density at radius 3 is 2.06 bits per heavy atom. The van der Waals surface area contributed by atoms with Gasteiger partial charge in [0.05, 0.1) is 11.6 Å². The molecule has 0 spiro atoms. The highest BCUT2D eigenvalue weighted by Gasteiger charge is 2.47. The van der Waals surface area contributed by atoms with E-state index in [0.717, 1.165) is 5.56 Å². The molecule has 0 unspecified atom stereocenters. The molecule has 0 radical (unpaired) electrons. The zero-order valence-corrected chi connectivity index (χ0v) is 20.3. The molecule has 36 heavy (non-hydrogen) atoms. The van der Waals surface area contributed by atoms with Crippen molar-refractivity contribution in [3.63, 3.8) is 0 Å². The molecule has 7 heteroatoms. The van der Waals surface area contributed by atoms with E-state index in [-0.39, 0.29) is 16.7 Å². The van der Waals surface area contributed by atoms with Gasteiger partial charge >= 0.3 is 5.97 Å². The molecule has 1 aliphatic rings. The third-order valence-electron chi connectivity index (χ3n) is 6.06. The highest BCUT2D eigenvalue weighted by molar-refractivity contribution is 6.51. The summed E-state index contributed by atoms with van der Waals surface area (Å²) in [6.07, 6.45) is 0. The van der Waals surface area contributed by atoms with Gasteiger partial charge in [0.2, 0.25) is 0 Å². The normalized spacial score (nSPS) is 17.3. The Bertz CT molecular complexity index is 1320. The van der Waals surface area contributed by atoms with Gasteiger partial charge in [-0.3, -0.25) is 14.5 Å². The number of ether oxygens (including phenoxy) is 1. The number of nitrogens with zero attached hydrogens (tertiary/aromatic N) is 1. The topological polar surface area (TPSA) is 104 Å². The van der Waals surface area contributed by atoms with Gasteiger partial charge in [-0.05, 0) is 40.8 Å². The number of Topliss-reactive ketones (excluding diaryl/α,β-unsaturated/α-hetero) is 1. The zero-order chi connectivity index (χ0) is 26.0. The van der Waals surface area contributed by atoms with Gasteiger partial charge in [-0.2, -0.15) is 0 Å². The highest BCUT2D eigenvalue weighted by Crippen LogP contribution is 2.42. The molecule has 0 aliphatic carbocycles. The minimum absolute atomic E-state index is 0.000845. The minimum Gasteiger partial charge on any atom is -0.507 e. The van der Waals surface area contributed by atoms with Gasteiger partial charge in [0.15, 0.2) is 6.61 Å². The summed E-state index contributed by atoms with van der Waals surface area (Å²) >= 11 is 0. The molecular weight excluding hydrogens is 458 g/mol. The number of aliphatic hydroxyl groups is 1. The largest absolute Gasteiger partial charge is 0.507 e. The first-order valence-electron chi connectivity index (χ1n) is 11.5. The van der Waals surface area contributed by atoms with Crippen molar-refractivity contribution < 1.29 is 29.3 Å². The number of aliphatic carboxylic acids is 1. The van der Waals surface area contributed by atoms with Crippen molar-refractivity contribution in [3.05, 3.63) is 101 Å². The molecule has 0 bridgehead atoms. The zero-order valence-electron chi connectivity index (χ0n) is 20.3. The molecule has 3 aromatic rings. The van der Waals surface area contributed by atoms with E-state index >= 15 is 0 Å². The van der Waals surface area contributed by atoms with Crippen LogP contribution in [0.4, 0.5) is 5.69 Å². The fourth-order valence-corrected chi connectivity index (χ4v) is 4.18. The Morgan fingerprint density at radius 1 is 0.889 bits per heavy atom. The van der Waals surface area contributed by atoms with Crippen LogP contribution in [0.1, 0.15) is 43.5 Å². The number of carboxylic acid groups (broad SMARTS) is 1. The molecule has 1 aliphatic heterocycles. The lowest BCUT2D eigenvalue weighted by molar-refractivity contribution is -0.139. The predicted octanol–water partition coefficient (Wildman–Crippen LogP) is 5.07. The number of hydrogen-bond donors (Lipinski definition) is 2. The Balaban J connectivity index is 1.83. The molecule has 4 rings (SSSR count). The summed E-state index contributed by atoms with van der Waals surface area (Å²) in [4.78, 5) is 38.7. The maximum Gasteiger partial charge on any atom is 0.341 e. The molecule has 184 valence electrons. The monoisotopic (exact) mass is 485 g/mol. The first-order valence-corrected chi connectivity index (χ1v) is 11.5. The summed E-state index contributed by atoms with van der Waals surface area (Å²) in [5, 5.41) is 20.0. The lowest BCUT2D eigenvalue weighted by Crippen LogP contribution is -2.29. The lowest BCUT2D eigenvalue weighted by atomic mass is 9.85. The van der Waals surface area contributed by atoms with Gasteiger partial charge in [0, 0.05) is 11.3 Å². The first-order chi connectivity index (χ1) is 17.1. The van der Waals surface area contributed by atoms with Crippen LogP contribution in [-0.4, -0.2) is 34.5 Å². The molecule has 0 aromatic heterocycles. The number of hydrogen-bond acceptors (Lipinski definition) is 5. The average Bonchev–Trinajstić information content (AvgIpc) is 3.13. The second-order valence-electron chi connectivity index (χ2n) is 9.58. The van der Waals surface area contributed by atoms with Crippen LogP contribution in [0.5, 0.6) is 5.75 Å². The maximum atomic E-state index is 13.3. The Hall–Kier alpha value is -4.39. The molecular formula is C29H27NO6. The molecule has 3 aromatic carbocycles. The molecule has 0 saturated carbocycles. The van der Waals surface area contributed by atoms with Crippen molar-refractivity contribution >= 4 is 29.1 Å². The van der Waals surface area contributed by atoms with E-state index in [2.05, 4.69) is 20.8 Å². The maximum absolute atomic E-state index is 13.3. The van der Waals surface area contributed by atoms with Crippen LogP contribution in [-0.2, 0) is 19.8 Å². The number of aliphatic hydroxyl groups excluding tert-OH is 1. The Morgan fingerprint density at radius 2 is 1.50 bits per heavy atom. The lowest BCUT2D eigenvalue weighted by Gasteiger charge is -2.26. The second kappa shape index (κ2) is 9.70. The Labute approximate surface area is 209 Å². The average molecular weight is 486 g/mol. The smallest absolute Gasteiger partial charge is 0.341 e. The van der Waals surface area contributed by atoms with Crippen LogP contribution in [0.15, 0.2) is 84.4 Å². The van der Waals surface area contributed by atoms with Gasteiger partial charge in [0.1, 0.15) is 11.5 Å². The van der Waals surface area contributed by atoms with Gasteiger partial charge in [-0.25, -0.2) is 4.79 Å². The first kappa shape index (κ1) is 24.7. The molecule has 2 N–H and O–H groups in total. The van der Waals surface area contributed by atoms with Crippen molar-refractivity contribution in [1.82, 2.24) is 0 Å². The van der Waals surface area contributed by atoms with Crippen LogP contribution >= 0.6 is 0 Å². The fraction of sp³-hybridized carbons (Fsp3) is 0.207. The summed E-state index contributed by atoms with van der Waals surface area (Å²) in [6, 6.07) is 21.7. The highest BCUT2D eigenvalue weighted by atomic mass is 16.5. The standard InChI is InChI=1S/C29H27NO6/c1-29(2,3)20-11-9-18(10-12-20)25-24(26(33)19-7-5-4-6-8-19)27(34)28(35)30(25)21-13-15-22(16-14-21)36-17-23(31)32/h4-16,25,33H,17H2,1-3H3,(H,31,32)/t25-/m1/s1. The van der Waals surface area contributed by atoms with Gasteiger partial charge in [0.25, 0.3) is 11.7 Å². The van der Waals surface area contributed by atoms with E-state index in [1.54, 1.807) is 42.5 Å². The van der Waals surface area contributed by atoms with Gasteiger partial charge < -0.3 is 14.9 Å². The summed E-state index contributed by atoms with van der Waals surface area (Å²) in [7, 11) is 0. The van der Waals surface area contributed by atoms with E-state index in [1.165, 1.54) is 17.0 Å². The third kappa shape index (κ3) is 4.86. The predicted molar refractivity (Wildman–Crippen MR) is 136 cm³/mol. The van der Waals surface area contributed by atoms with E-state index in [4.69, 9.17) is 9.84 Å². The number of amides is 1. The number of carboxylic acids is 1. The summed E-state index contributed by atoms with van der Waals surface area (Å²) in [5.74, 6) is -2.59. The fourth-order valence-electron chi connectivity index (χ4n) is 4.18. The summed E-state index contributed by atoms with van der Waals surface area (Å²) < 4.78 is 5.19. The van der Waals surface area contributed by atoms with E-state index in [0.29, 0.717) is 22.6 Å². The van der Waals surface area contributed by atoms with E-state index in [1.807, 2.05) is 24.3 Å². The number of benzene rings is 3. The molecule has 1 saturated heterocycles. The van der Waals surface area contributed by atoms with Crippen LogP contribution in [0.3, 0.4) is 0 Å². The Kier molecular flexibility index (Phi) is 6.66. The number of ketones is 1. The van der Waals surface area contributed by atoms with Crippen LogP contribution in [0, 0.1) is 0 Å². The van der Waals surface area contributed by atoms with Crippen molar-refractivity contribution in [1.29, 1.82) is 0 Å². The molecule has 1 fully saturated rings. The van der Waals surface area contributed by atoms with Gasteiger partial charge in [-0.15, -0.1) is 0 Å². The second-order valence-corrected chi connectivity index (χ2v) is 9.58. The van der Waals surface area contributed by atoms with Crippen molar-refractivity contribution in [3.8, 4) is 5.75 Å². The van der Waals surface area contributed by atoms with E-state index in [9.17, 15) is 19.5 Å². The third-order valence-corrected chi connectivity index (χ3v) is 6.06. The SMILES string of the molecule is CC(C)(C)c1ccc([C@@H]2C(=C(O)c3ccccc3)C(=O)C(=O)N2c2ccc(OCC(=O)O)cc2)cc1. The molecule has 1 atom stereocenters. The van der Waals surface area contributed by atoms with Gasteiger partial charge in [-0.1, -0.05) is 75.4 Å². The number of anilines is 1. The molecule has 7 nitrogen and oxygen atoms in total. The van der Waals surface area contributed by atoms with Crippen molar-refractivity contribution in [2.24, 2.45) is 0 Å². The minimum atomic E-state index is -1.11. The number of rotatable bonds is 6. The molecule has 1 heterocycles. The van der Waals surface area contributed by atoms with Crippen LogP contribution in [0.2, 0.25) is 0 Å².